The summed E-state index contributed by atoms with van der Waals surface area (Å²) in [4.78, 5) is 43.4. The van der Waals surface area contributed by atoms with Crippen LogP contribution in [0.2, 0.25) is 0 Å². The number of anilines is 2. The summed E-state index contributed by atoms with van der Waals surface area (Å²) in [5.74, 6) is -3.63. The normalized spacial score (nSPS) is 18.7. The van der Waals surface area contributed by atoms with Gasteiger partial charge in [0.05, 0.1) is 31.6 Å². The Hall–Kier alpha value is -3.61. The summed E-state index contributed by atoms with van der Waals surface area (Å²) >= 11 is 0. The zero-order valence-corrected chi connectivity index (χ0v) is 18.3. The molecule has 2 saturated heterocycles. The van der Waals surface area contributed by atoms with Gasteiger partial charge >= 0.3 is 12.0 Å². The molecule has 0 aliphatic carbocycles. The van der Waals surface area contributed by atoms with Crippen LogP contribution >= 0.6 is 0 Å². The fraction of sp³-hybridized carbons (Fsp3) is 0.409. The third kappa shape index (κ3) is 5.39. The first kappa shape index (κ1) is 24.5. The van der Waals surface area contributed by atoms with Crippen molar-refractivity contribution in [1.82, 2.24) is 5.06 Å². The van der Waals surface area contributed by atoms with Crippen LogP contribution in [0.25, 0.3) is 0 Å². The minimum Gasteiger partial charge on any atom is -0.459 e. The van der Waals surface area contributed by atoms with Gasteiger partial charge in [0.1, 0.15) is 11.8 Å². The summed E-state index contributed by atoms with van der Waals surface area (Å²) in [7, 11) is 0. The number of hydrogen-bond donors (Lipinski definition) is 0. The van der Waals surface area contributed by atoms with E-state index in [2.05, 4.69) is 0 Å². The highest BCUT2D eigenvalue weighted by Gasteiger charge is 2.34. The molecule has 9 nitrogen and oxygen atoms in total. The van der Waals surface area contributed by atoms with Crippen LogP contribution in [0.4, 0.5) is 33.7 Å². The summed E-state index contributed by atoms with van der Waals surface area (Å²) in [6, 6.07) is 4.94. The van der Waals surface area contributed by atoms with E-state index in [9.17, 15) is 23.2 Å². The number of cyclic esters (lactones) is 1. The van der Waals surface area contributed by atoms with Crippen LogP contribution in [0.15, 0.2) is 34.9 Å². The molecule has 2 fully saturated rings. The molecule has 0 saturated carbocycles. The molecule has 0 spiro atoms. The molecule has 0 unspecified atom stereocenters. The molecule has 0 N–H and O–H groups in total. The van der Waals surface area contributed by atoms with Gasteiger partial charge in [-0.25, -0.2) is 27.4 Å². The first-order valence-electron chi connectivity index (χ1n) is 10.8. The monoisotopic (exact) mass is 499 g/mol. The van der Waals surface area contributed by atoms with Gasteiger partial charge in [-0.05, 0) is 18.6 Å². The van der Waals surface area contributed by atoms with Crippen LogP contribution in [0.1, 0.15) is 23.4 Å². The minimum atomic E-state index is -3.11. The Morgan fingerprint density at radius 2 is 1.86 bits per heavy atom. The van der Waals surface area contributed by atoms with Crippen molar-refractivity contribution in [3.63, 3.8) is 0 Å². The lowest BCUT2D eigenvalue weighted by molar-refractivity contribution is -0.129. The lowest BCUT2D eigenvalue weighted by Gasteiger charge is -2.24. The van der Waals surface area contributed by atoms with Gasteiger partial charge in [-0.3, -0.25) is 19.3 Å². The zero-order valence-electron chi connectivity index (χ0n) is 18.3. The number of rotatable bonds is 7. The second kappa shape index (κ2) is 10.3. The Labute approximate surface area is 196 Å². The SMILES string of the molecule is O=C(CC[C@H]1CN(c2cc(F)c(N3CCON(C(=O)c4ccco4)CC3)c(F)c2)C(=O)O1)C(F)F. The largest absolute Gasteiger partial charge is 0.459 e. The molecule has 13 heteroatoms. The van der Waals surface area contributed by atoms with Gasteiger partial charge in [0, 0.05) is 31.6 Å². The van der Waals surface area contributed by atoms with Gasteiger partial charge in [-0.1, -0.05) is 0 Å². The average Bonchev–Trinajstić information content (AvgIpc) is 3.41. The predicted molar refractivity (Wildman–Crippen MR) is 112 cm³/mol. The van der Waals surface area contributed by atoms with Crippen LogP contribution < -0.4 is 9.80 Å². The highest BCUT2D eigenvalue weighted by Crippen LogP contribution is 2.32. The molecule has 2 aromatic rings. The first-order chi connectivity index (χ1) is 16.7. The van der Waals surface area contributed by atoms with Crippen molar-refractivity contribution < 1.29 is 45.9 Å². The van der Waals surface area contributed by atoms with E-state index in [1.54, 1.807) is 6.07 Å². The van der Waals surface area contributed by atoms with E-state index in [1.165, 1.54) is 17.2 Å². The fourth-order valence-corrected chi connectivity index (χ4v) is 3.86. The lowest BCUT2D eigenvalue weighted by Crippen LogP contribution is -2.34. The highest BCUT2D eigenvalue weighted by atomic mass is 19.3. The van der Waals surface area contributed by atoms with E-state index in [1.807, 2.05) is 0 Å². The number of carbonyl (C=O) groups is 3. The highest BCUT2D eigenvalue weighted by molar-refractivity contribution is 5.91. The molecular weight excluding hydrogens is 478 g/mol. The maximum absolute atomic E-state index is 15.0. The van der Waals surface area contributed by atoms with E-state index in [0.29, 0.717) is 0 Å². The molecule has 188 valence electrons. The Morgan fingerprint density at radius 1 is 1.11 bits per heavy atom. The van der Waals surface area contributed by atoms with Gasteiger partial charge in [-0.15, -0.1) is 0 Å². The van der Waals surface area contributed by atoms with Crippen LogP contribution in [0.3, 0.4) is 0 Å². The van der Waals surface area contributed by atoms with Crippen molar-refractivity contribution in [2.75, 3.05) is 42.6 Å². The summed E-state index contributed by atoms with van der Waals surface area (Å²) in [5.41, 5.74) is -0.464. The molecule has 4 rings (SSSR count). The third-order valence-corrected chi connectivity index (χ3v) is 5.60. The Balaban J connectivity index is 1.43. The molecule has 2 amide bonds. The molecule has 0 bridgehead atoms. The topological polar surface area (TPSA) is 92.5 Å². The number of hydrogen-bond acceptors (Lipinski definition) is 7. The molecule has 35 heavy (non-hydrogen) atoms. The number of Topliss-reactive ketones (excluding diaryl/α,β-unsaturated/α-hetero) is 1. The number of halogens is 4. The Morgan fingerprint density at radius 3 is 2.51 bits per heavy atom. The predicted octanol–water partition coefficient (Wildman–Crippen LogP) is 3.39. The van der Waals surface area contributed by atoms with Gasteiger partial charge in [0.25, 0.3) is 6.43 Å². The molecule has 0 radical (unpaired) electrons. The van der Waals surface area contributed by atoms with E-state index >= 15 is 8.78 Å². The number of nitrogens with zero attached hydrogens (tertiary/aromatic N) is 3. The van der Waals surface area contributed by atoms with Crippen LogP contribution in [-0.2, 0) is 14.4 Å². The molecule has 2 aliphatic heterocycles. The average molecular weight is 499 g/mol. The first-order valence-corrected chi connectivity index (χ1v) is 10.8. The van der Waals surface area contributed by atoms with Crippen LogP contribution in [-0.4, -0.2) is 68.2 Å². The number of alkyl halides is 2. The molecule has 1 aromatic carbocycles. The van der Waals surface area contributed by atoms with Gasteiger partial charge in [0.2, 0.25) is 0 Å². The minimum absolute atomic E-state index is 0.0115. The molecule has 2 aliphatic rings. The lowest BCUT2D eigenvalue weighted by atomic mass is 10.1. The van der Waals surface area contributed by atoms with Crippen molar-refractivity contribution in [3.05, 3.63) is 47.9 Å². The van der Waals surface area contributed by atoms with E-state index in [0.717, 1.165) is 22.1 Å². The van der Waals surface area contributed by atoms with E-state index in [-0.39, 0.29) is 56.3 Å². The third-order valence-electron chi connectivity index (χ3n) is 5.60. The molecule has 1 aromatic heterocycles. The smallest absolute Gasteiger partial charge is 0.414 e. The van der Waals surface area contributed by atoms with Crippen molar-refractivity contribution in [1.29, 1.82) is 0 Å². The number of amides is 2. The maximum Gasteiger partial charge on any atom is 0.414 e. The molecule has 1 atom stereocenters. The Kier molecular flexibility index (Phi) is 7.24. The van der Waals surface area contributed by atoms with Gasteiger partial charge < -0.3 is 14.1 Å². The molecule has 3 heterocycles. The summed E-state index contributed by atoms with van der Waals surface area (Å²) in [5, 5.41) is 1.06. The van der Waals surface area contributed by atoms with Crippen molar-refractivity contribution in [2.24, 2.45) is 0 Å². The second-order valence-electron chi connectivity index (χ2n) is 7.88. The Bertz CT molecular complexity index is 1070. The number of ether oxygens (including phenoxy) is 1. The van der Waals surface area contributed by atoms with Gasteiger partial charge in [0.15, 0.2) is 23.2 Å². The van der Waals surface area contributed by atoms with Crippen molar-refractivity contribution in [2.45, 2.75) is 25.4 Å². The molecular formula is C22H21F4N3O6. The quantitative estimate of drug-likeness (QED) is 0.540. The summed E-state index contributed by atoms with van der Waals surface area (Å²) in [6.07, 6.45) is -4.15. The zero-order chi connectivity index (χ0) is 25.1. The maximum atomic E-state index is 15.0. The second-order valence-corrected chi connectivity index (χ2v) is 7.88. The van der Waals surface area contributed by atoms with E-state index in [4.69, 9.17) is 14.0 Å². The number of benzene rings is 1. The summed E-state index contributed by atoms with van der Waals surface area (Å²) < 4.78 is 64.8. The fourth-order valence-electron chi connectivity index (χ4n) is 3.86. The number of hydroxylamine groups is 2. The number of carbonyl (C=O) groups excluding carboxylic acids is 3. The van der Waals surface area contributed by atoms with Gasteiger partial charge in [-0.2, -0.15) is 0 Å². The summed E-state index contributed by atoms with van der Waals surface area (Å²) in [6.45, 7) is -0.0100. The number of ketones is 1. The van der Waals surface area contributed by atoms with Crippen LogP contribution in [0, 0.1) is 11.6 Å². The standard InChI is InChI=1S/C22H21F4N3O6/c23-15-10-13(28-12-14(35-22(28)32)3-4-17(30)20(25)26)11-16(24)19(15)27-5-6-29(34-9-7-27)21(31)18-2-1-8-33-18/h1-2,8,10-11,14,20H,3-7,9,12H2/t14-/m0/s1. The van der Waals surface area contributed by atoms with E-state index < -0.39 is 48.4 Å². The number of furan rings is 1. The van der Waals surface area contributed by atoms with Crippen molar-refractivity contribution >= 4 is 29.2 Å². The van der Waals surface area contributed by atoms with Crippen LogP contribution in [0.5, 0.6) is 0 Å². The van der Waals surface area contributed by atoms with Crippen molar-refractivity contribution in [3.8, 4) is 0 Å².